The molecule has 2 fully saturated rings. The molecular weight excluding hydrogens is 364 g/mol. The molecule has 1 amide bonds. The highest BCUT2D eigenvalue weighted by atomic mass is 32.2. The summed E-state index contributed by atoms with van der Waals surface area (Å²) in [4.78, 5) is 26.0. The number of carbonyl (C=O) groups is 2. The van der Waals surface area contributed by atoms with E-state index in [2.05, 4.69) is 5.32 Å². The van der Waals surface area contributed by atoms with Crippen LogP contribution in [0.5, 0.6) is 0 Å². The van der Waals surface area contributed by atoms with Gasteiger partial charge in [0.05, 0.1) is 10.3 Å². The van der Waals surface area contributed by atoms with E-state index >= 15 is 0 Å². The Morgan fingerprint density at radius 2 is 1.78 bits per heavy atom. The molecule has 148 valence electrons. The van der Waals surface area contributed by atoms with Crippen molar-refractivity contribution in [3.8, 4) is 0 Å². The van der Waals surface area contributed by atoms with Crippen LogP contribution in [0.3, 0.4) is 0 Å². The number of Topliss-reactive ketones (excluding diaryl/α,β-unsaturated/α-hetero) is 1. The van der Waals surface area contributed by atoms with E-state index in [9.17, 15) is 18.0 Å². The molecule has 2 aliphatic rings. The maximum atomic E-state index is 13.3. The van der Waals surface area contributed by atoms with E-state index in [0.717, 1.165) is 9.87 Å². The molecule has 0 spiro atoms. The normalized spacial score (nSPS) is 29.4. The topological polar surface area (TPSA) is 83.6 Å². The molecule has 1 aromatic carbocycles. The first kappa shape index (κ1) is 20.0. The standard InChI is InChI=1S/C20H28N2O4S/c1-13-7-8-14(27(25,26)22(5)6)11-15(13)21-17(24)20-10-9-19(4,16(23)12-20)18(20,2)3/h7-8,11H,9-10,12H2,1-6H3,(H,21,24)/t19-,20-/m1/s1. The van der Waals surface area contributed by atoms with Gasteiger partial charge in [-0.3, -0.25) is 9.59 Å². The van der Waals surface area contributed by atoms with Crippen LogP contribution in [0.4, 0.5) is 5.69 Å². The van der Waals surface area contributed by atoms with Gasteiger partial charge in [-0.05, 0) is 42.9 Å². The summed E-state index contributed by atoms with van der Waals surface area (Å²) in [5, 5.41) is 2.94. The average molecular weight is 393 g/mol. The van der Waals surface area contributed by atoms with E-state index in [1.807, 2.05) is 27.7 Å². The van der Waals surface area contributed by atoms with Gasteiger partial charge in [-0.15, -0.1) is 0 Å². The lowest BCUT2D eigenvalue weighted by atomic mass is 9.64. The largest absolute Gasteiger partial charge is 0.325 e. The fraction of sp³-hybridized carbons (Fsp3) is 0.600. The fourth-order valence-electron chi connectivity index (χ4n) is 4.71. The van der Waals surface area contributed by atoms with E-state index in [1.54, 1.807) is 6.07 Å². The lowest BCUT2D eigenvalue weighted by Crippen LogP contribution is -2.43. The molecule has 3 rings (SSSR count). The Kier molecular flexibility index (Phi) is 4.36. The first-order chi connectivity index (χ1) is 12.3. The average Bonchev–Trinajstić information content (AvgIpc) is 2.86. The van der Waals surface area contributed by atoms with Crippen molar-refractivity contribution in [1.29, 1.82) is 0 Å². The maximum absolute atomic E-state index is 13.3. The van der Waals surface area contributed by atoms with Crippen molar-refractivity contribution in [1.82, 2.24) is 4.31 Å². The minimum absolute atomic E-state index is 0.129. The second-order valence-electron chi connectivity index (χ2n) is 8.86. The van der Waals surface area contributed by atoms with Crippen LogP contribution in [0.15, 0.2) is 23.1 Å². The number of nitrogens with zero attached hydrogens (tertiary/aromatic N) is 1. The van der Waals surface area contributed by atoms with Crippen molar-refractivity contribution in [2.24, 2.45) is 16.2 Å². The Bertz CT molecular complexity index is 935. The monoisotopic (exact) mass is 392 g/mol. The van der Waals surface area contributed by atoms with Crippen LogP contribution < -0.4 is 5.32 Å². The van der Waals surface area contributed by atoms with Gasteiger partial charge in [0.1, 0.15) is 5.78 Å². The summed E-state index contributed by atoms with van der Waals surface area (Å²) in [5.41, 5.74) is -0.416. The smallest absolute Gasteiger partial charge is 0.242 e. The molecule has 2 atom stereocenters. The van der Waals surface area contributed by atoms with Gasteiger partial charge < -0.3 is 5.32 Å². The molecule has 0 heterocycles. The number of hydrogen-bond acceptors (Lipinski definition) is 4. The van der Waals surface area contributed by atoms with Crippen LogP contribution in [0.2, 0.25) is 0 Å². The number of anilines is 1. The molecule has 1 N–H and O–H groups in total. The molecule has 0 radical (unpaired) electrons. The number of sulfonamides is 1. The van der Waals surface area contributed by atoms with Crippen molar-refractivity contribution in [2.45, 2.75) is 51.9 Å². The van der Waals surface area contributed by atoms with Crippen LogP contribution in [-0.2, 0) is 19.6 Å². The molecular formula is C20H28N2O4S. The summed E-state index contributed by atoms with van der Waals surface area (Å²) < 4.78 is 26.0. The fourth-order valence-corrected chi connectivity index (χ4v) is 5.64. The quantitative estimate of drug-likeness (QED) is 0.854. The minimum atomic E-state index is -3.60. The van der Waals surface area contributed by atoms with E-state index in [0.29, 0.717) is 18.5 Å². The Morgan fingerprint density at radius 1 is 1.15 bits per heavy atom. The number of ketones is 1. The lowest BCUT2D eigenvalue weighted by molar-refractivity contribution is -0.131. The van der Waals surface area contributed by atoms with Crippen LogP contribution in [0, 0.1) is 23.2 Å². The third-order valence-corrected chi connectivity index (χ3v) is 9.19. The van der Waals surface area contributed by atoms with Crippen molar-refractivity contribution in [3.63, 3.8) is 0 Å². The van der Waals surface area contributed by atoms with E-state index in [-0.39, 0.29) is 23.0 Å². The molecule has 0 aliphatic heterocycles. The summed E-state index contributed by atoms with van der Waals surface area (Å²) in [5.74, 6) is -0.0425. The summed E-state index contributed by atoms with van der Waals surface area (Å²) in [6, 6.07) is 4.72. The zero-order valence-corrected chi connectivity index (χ0v) is 17.7. The van der Waals surface area contributed by atoms with E-state index in [4.69, 9.17) is 0 Å². The third-order valence-electron chi connectivity index (χ3n) is 7.38. The molecule has 2 saturated carbocycles. The second-order valence-corrected chi connectivity index (χ2v) is 11.0. The Labute approximate surface area is 161 Å². The lowest BCUT2D eigenvalue weighted by Gasteiger charge is -2.38. The van der Waals surface area contributed by atoms with Crippen LogP contribution in [0.1, 0.15) is 45.6 Å². The molecule has 2 aliphatic carbocycles. The van der Waals surface area contributed by atoms with Gasteiger partial charge >= 0.3 is 0 Å². The van der Waals surface area contributed by atoms with Gasteiger partial charge in [-0.2, -0.15) is 0 Å². The number of aryl methyl sites for hydroxylation is 1. The highest BCUT2D eigenvalue weighted by molar-refractivity contribution is 7.89. The van der Waals surface area contributed by atoms with Crippen LogP contribution >= 0.6 is 0 Å². The highest BCUT2D eigenvalue weighted by Gasteiger charge is 2.72. The first-order valence-electron chi connectivity index (χ1n) is 9.17. The predicted octanol–water partition coefficient (Wildman–Crippen LogP) is 2.97. The van der Waals surface area contributed by atoms with Crippen LogP contribution in [0.25, 0.3) is 0 Å². The SMILES string of the molecule is Cc1ccc(S(=O)(=O)N(C)C)cc1NC(=O)[C@@]12CC[C@](C)(C(=O)C1)C2(C)C. The van der Waals surface area contributed by atoms with E-state index in [1.165, 1.54) is 26.2 Å². The summed E-state index contributed by atoms with van der Waals surface area (Å²) in [6.07, 6.45) is 1.63. The molecule has 6 nitrogen and oxygen atoms in total. The number of hydrogen-bond donors (Lipinski definition) is 1. The summed E-state index contributed by atoms with van der Waals surface area (Å²) >= 11 is 0. The van der Waals surface area contributed by atoms with Crippen molar-refractivity contribution >= 4 is 27.4 Å². The van der Waals surface area contributed by atoms with Gasteiger partial charge in [0.2, 0.25) is 15.9 Å². The van der Waals surface area contributed by atoms with Gasteiger partial charge in [0.25, 0.3) is 0 Å². The molecule has 0 saturated heterocycles. The van der Waals surface area contributed by atoms with Gasteiger partial charge in [-0.1, -0.05) is 26.8 Å². The molecule has 1 aromatic rings. The molecule has 0 unspecified atom stereocenters. The highest BCUT2D eigenvalue weighted by Crippen LogP contribution is 2.70. The number of fused-ring (bicyclic) bond motifs is 2. The van der Waals surface area contributed by atoms with Crippen molar-refractivity contribution < 1.29 is 18.0 Å². The van der Waals surface area contributed by atoms with E-state index < -0.39 is 26.3 Å². The number of nitrogens with one attached hydrogen (secondary N) is 1. The molecule has 2 bridgehead atoms. The zero-order chi connectivity index (χ0) is 20.4. The summed E-state index contributed by atoms with van der Waals surface area (Å²) in [7, 11) is -0.656. The van der Waals surface area contributed by atoms with Crippen molar-refractivity contribution in [3.05, 3.63) is 23.8 Å². The van der Waals surface area contributed by atoms with Gasteiger partial charge in [0, 0.05) is 31.6 Å². The first-order valence-corrected chi connectivity index (χ1v) is 10.6. The second kappa shape index (κ2) is 5.88. The van der Waals surface area contributed by atoms with Gasteiger partial charge in [0.15, 0.2) is 0 Å². The minimum Gasteiger partial charge on any atom is -0.325 e. The number of carbonyl (C=O) groups excluding carboxylic acids is 2. The zero-order valence-electron chi connectivity index (χ0n) is 16.8. The van der Waals surface area contributed by atoms with Crippen molar-refractivity contribution in [2.75, 3.05) is 19.4 Å². The molecule has 27 heavy (non-hydrogen) atoms. The van der Waals surface area contributed by atoms with Gasteiger partial charge in [-0.25, -0.2) is 12.7 Å². The Hall–Kier alpha value is -1.73. The van der Waals surface area contributed by atoms with Crippen LogP contribution in [-0.4, -0.2) is 38.5 Å². The number of benzene rings is 1. The molecule has 7 heteroatoms. The number of rotatable bonds is 4. The Morgan fingerprint density at radius 3 is 2.26 bits per heavy atom. The maximum Gasteiger partial charge on any atom is 0.242 e. The predicted molar refractivity (Wildman–Crippen MR) is 104 cm³/mol. The molecule has 0 aromatic heterocycles. The summed E-state index contributed by atoms with van der Waals surface area (Å²) in [6.45, 7) is 7.80. The number of amides is 1. The Balaban J connectivity index is 1.97. The third kappa shape index (κ3) is 2.51.